The van der Waals surface area contributed by atoms with Crippen LogP contribution in [0.15, 0.2) is 29.3 Å². The SMILES string of the molecule is CC1(CC(N)C(=O)O)C=Nc2ccccc21. The number of fused-ring (bicyclic) bond motifs is 1. The minimum atomic E-state index is -0.973. The summed E-state index contributed by atoms with van der Waals surface area (Å²) in [5.74, 6) is -0.973. The van der Waals surface area contributed by atoms with Gasteiger partial charge in [0, 0.05) is 11.6 Å². The molecule has 2 atom stereocenters. The molecule has 3 N–H and O–H groups in total. The summed E-state index contributed by atoms with van der Waals surface area (Å²) in [5, 5.41) is 8.84. The Bertz CT molecular complexity index is 456. The van der Waals surface area contributed by atoms with Crippen LogP contribution in [0, 0.1) is 0 Å². The molecule has 1 heterocycles. The number of carbonyl (C=O) groups is 1. The molecule has 1 aliphatic heterocycles. The monoisotopic (exact) mass is 218 g/mol. The van der Waals surface area contributed by atoms with Gasteiger partial charge in [-0.2, -0.15) is 0 Å². The number of hydrogen-bond acceptors (Lipinski definition) is 3. The van der Waals surface area contributed by atoms with Crippen LogP contribution in [0.25, 0.3) is 0 Å². The van der Waals surface area contributed by atoms with Gasteiger partial charge in [0.1, 0.15) is 6.04 Å². The maximum atomic E-state index is 10.8. The third-order valence-electron chi connectivity index (χ3n) is 2.97. The first-order chi connectivity index (χ1) is 7.53. The smallest absolute Gasteiger partial charge is 0.320 e. The Labute approximate surface area is 93.8 Å². The number of nitrogens with zero attached hydrogens (tertiary/aromatic N) is 1. The molecule has 1 aromatic carbocycles. The highest BCUT2D eigenvalue weighted by atomic mass is 16.4. The number of nitrogens with two attached hydrogens (primary N) is 1. The molecule has 0 saturated carbocycles. The summed E-state index contributed by atoms with van der Waals surface area (Å²) >= 11 is 0. The van der Waals surface area contributed by atoms with E-state index in [4.69, 9.17) is 10.8 Å². The van der Waals surface area contributed by atoms with Crippen molar-refractivity contribution in [2.24, 2.45) is 10.7 Å². The summed E-state index contributed by atoms with van der Waals surface area (Å²) in [4.78, 5) is 15.1. The molecule has 0 fully saturated rings. The molecule has 0 bridgehead atoms. The lowest BCUT2D eigenvalue weighted by molar-refractivity contribution is -0.138. The number of benzene rings is 1. The standard InChI is InChI=1S/C12H14N2O2/c1-12(6-9(13)11(15)16)7-14-10-5-3-2-4-8(10)12/h2-5,7,9H,6,13H2,1H3,(H,15,16). The Kier molecular flexibility index (Phi) is 2.52. The van der Waals surface area contributed by atoms with Gasteiger partial charge in [-0.3, -0.25) is 9.79 Å². The fraction of sp³-hybridized carbons (Fsp3) is 0.333. The quantitative estimate of drug-likeness (QED) is 0.806. The largest absolute Gasteiger partial charge is 0.480 e. The normalized spacial score (nSPS) is 24.1. The van der Waals surface area contributed by atoms with E-state index in [2.05, 4.69) is 4.99 Å². The molecule has 4 heteroatoms. The van der Waals surface area contributed by atoms with E-state index in [9.17, 15) is 4.79 Å². The van der Waals surface area contributed by atoms with Gasteiger partial charge < -0.3 is 10.8 Å². The lowest BCUT2D eigenvalue weighted by atomic mass is 9.79. The van der Waals surface area contributed by atoms with Crippen LogP contribution in [0.2, 0.25) is 0 Å². The molecular formula is C12H14N2O2. The average molecular weight is 218 g/mol. The summed E-state index contributed by atoms with van der Waals surface area (Å²) in [6, 6.07) is 6.87. The molecule has 0 aromatic heterocycles. The van der Waals surface area contributed by atoms with E-state index in [1.807, 2.05) is 31.2 Å². The molecule has 2 unspecified atom stereocenters. The lowest BCUT2D eigenvalue weighted by Crippen LogP contribution is -2.38. The number of carboxylic acids is 1. The summed E-state index contributed by atoms with van der Waals surface area (Å²) in [6.07, 6.45) is 2.16. The first-order valence-electron chi connectivity index (χ1n) is 5.16. The Morgan fingerprint density at radius 3 is 2.94 bits per heavy atom. The minimum Gasteiger partial charge on any atom is -0.480 e. The molecule has 0 spiro atoms. The average Bonchev–Trinajstić information content (AvgIpc) is 2.57. The van der Waals surface area contributed by atoms with E-state index >= 15 is 0 Å². The highest BCUT2D eigenvalue weighted by Crippen LogP contribution is 2.39. The van der Waals surface area contributed by atoms with Crippen molar-refractivity contribution in [1.29, 1.82) is 0 Å². The molecule has 0 amide bonds. The van der Waals surface area contributed by atoms with Gasteiger partial charge >= 0.3 is 5.97 Å². The lowest BCUT2D eigenvalue weighted by Gasteiger charge is -2.24. The maximum absolute atomic E-state index is 10.8. The van der Waals surface area contributed by atoms with Gasteiger partial charge in [-0.05, 0) is 18.1 Å². The fourth-order valence-corrected chi connectivity index (χ4v) is 2.06. The first-order valence-corrected chi connectivity index (χ1v) is 5.16. The van der Waals surface area contributed by atoms with Crippen molar-refractivity contribution in [2.45, 2.75) is 24.8 Å². The summed E-state index contributed by atoms with van der Waals surface area (Å²) in [5.41, 5.74) is 7.16. The molecule has 1 aromatic rings. The third kappa shape index (κ3) is 1.72. The Morgan fingerprint density at radius 1 is 1.56 bits per heavy atom. The van der Waals surface area contributed by atoms with E-state index < -0.39 is 12.0 Å². The van der Waals surface area contributed by atoms with E-state index in [0.29, 0.717) is 6.42 Å². The zero-order chi connectivity index (χ0) is 11.8. The van der Waals surface area contributed by atoms with Crippen molar-refractivity contribution < 1.29 is 9.90 Å². The van der Waals surface area contributed by atoms with Crippen LogP contribution in [-0.2, 0) is 10.2 Å². The van der Waals surface area contributed by atoms with Crippen LogP contribution in [0.1, 0.15) is 18.9 Å². The third-order valence-corrected chi connectivity index (χ3v) is 2.97. The van der Waals surface area contributed by atoms with Gasteiger partial charge in [0.05, 0.1) is 5.69 Å². The Hall–Kier alpha value is -1.68. The number of rotatable bonds is 3. The number of hydrogen-bond donors (Lipinski definition) is 2. The van der Waals surface area contributed by atoms with Crippen molar-refractivity contribution in [3.05, 3.63) is 29.8 Å². The van der Waals surface area contributed by atoms with Gasteiger partial charge in [0.15, 0.2) is 0 Å². The van der Waals surface area contributed by atoms with E-state index in [1.54, 1.807) is 6.21 Å². The fourth-order valence-electron chi connectivity index (χ4n) is 2.06. The van der Waals surface area contributed by atoms with Crippen molar-refractivity contribution in [2.75, 3.05) is 0 Å². The molecule has 84 valence electrons. The molecule has 4 nitrogen and oxygen atoms in total. The molecule has 1 aliphatic rings. The zero-order valence-corrected chi connectivity index (χ0v) is 9.05. The topological polar surface area (TPSA) is 75.7 Å². The van der Waals surface area contributed by atoms with Crippen LogP contribution in [0.3, 0.4) is 0 Å². The molecule has 0 aliphatic carbocycles. The predicted octanol–water partition coefficient (Wildman–Crippen LogP) is 1.46. The van der Waals surface area contributed by atoms with E-state index in [1.165, 1.54) is 0 Å². The molecule has 0 radical (unpaired) electrons. The van der Waals surface area contributed by atoms with Gasteiger partial charge in [0.25, 0.3) is 0 Å². The van der Waals surface area contributed by atoms with Crippen molar-refractivity contribution in [3.63, 3.8) is 0 Å². The van der Waals surface area contributed by atoms with E-state index in [0.717, 1.165) is 11.3 Å². The first kappa shape index (κ1) is 10.8. The zero-order valence-electron chi connectivity index (χ0n) is 9.05. The molecular weight excluding hydrogens is 204 g/mol. The number of para-hydroxylation sites is 1. The Balaban J connectivity index is 2.29. The number of carboxylic acid groups (broad SMARTS) is 1. The summed E-state index contributed by atoms with van der Waals surface area (Å²) in [6.45, 7) is 1.96. The predicted molar refractivity (Wildman–Crippen MR) is 62.2 cm³/mol. The van der Waals surface area contributed by atoms with E-state index in [-0.39, 0.29) is 5.41 Å². The van der Waals surface area contributed by atoms with Crippen LogP contribution >= 0.6 is 0 Å². The second-order valence-corrected chi connectivity index (χ2v) is 4.34. The Morgan fingerprint density at radius 2 is 2.25 bits per heavy atom. The second-order valence-electron chi connectivity index (χ2n) is 4.34. The summed E-state index contributed by atoms with van der Waals surface area (Å²) in [7, 11) is 0. The molecule has 16 heavy (non-hydrogen) atoms. The van der Waals surface area contributed by atoms with Gasteiger partial charge in [-0.25, -0.2) is 0 Å². The van der Waals surface area contributed by atoms with Gasteiger partial charge in [-0.15, -0.1) is 0 Å². The van der Waals surface area contributed by atoms with Crippen molar-refractivity contribution in [3.8, 4) is 0 Å². The number of aliphatic imine (C=N–C) groups is 1. The number of aliphatic carboxylic acids is 1. The molecule has 0 saturated heterocycles. The van der Waals surface area contributed by atoms with Crippen molar-refractivity contribution >= 4 is 17.9 Å². The molecule has 2 rings (SSSR count). The highest BCUT2D eigenvalue weighted by molar-refractivity contribution is 5.86. The van der Waals surface area contributed by atoms with Crippen LogP contribution in [-0.4, -0.2) is 23.3 Å². The maximum Gasteiger partial charge on any atom is 0.320 e. The highest BCUT2D eigenvalue weighted by Gasteiger charge is 2.34. The van der Waals surface area contributed by atoms with Crippen LogP contribution in [0.5, 0.6) is 0 Å². The van der Waals surface area contributed by atoms with Crippen LogP contribution in [0.4, 0.5) is 5.69 Å². The second kappa shape index (κ2) is 3.72. The van der Waals surface area contributed by atoms with Crippen LogP contribution < -0.4 is 5.73 Å². The van der Waals surface area contributed by atoms with Crippen molar-refractivity contribution in [1.82, 2.24) is 0 Å². The minimum absolute atomic E-state index is 0.364. The van der Waals surface area contributed by atoms with Gasteiger partial charge in [-0.1, -0.05) is 25.1 Å². The summed E-state index contributed by atoms with van der Waals surface area (Å²) < 4.78 is 0. The van der Waals surface area contributed by atoms with Gasteiger partial charge in [0.2, 0.25) is 0 Å².